The minimum absolute atomic E-state index is 0.0431. The summed E-state index contributed by atoms with van der Waals surface area (Å²) in [6.07, 6.45) is 0.133. The van der Waals surface area contributed by atoms with E-state index in [-0.39, 0.29) is 6.61 Å². The zero-order valence-corrected chi connectivity index (χ0v) is 14.6. The van der Waals surface area contributed by atoms with Gasteiger partial charge in [-0.1, -0.05) is 70.6 Å². The van der Waals surface area contributed by atoms with Crippen LogP contribution < -0.4 is 0 Å². The normalized spacial score (nSPS) is 12.7. The van der Waals surface area contributed by atoms with Crippen LogP contribution in [0.25, 0.3) is 0 Å². The summed E-state index contributed by atoms with van der Waals surface area (Å²) in [7, 11) is 0. The summed E-state index contributed by atoms with van der Waals surface area (Å²) >= 11 is 12.1. The van der Waals surface area contributed by atoms with Crippen LogP contribution in [0.3, 0.4) is 0 Å². The molecule has 0 aliphatic heterocycles. The first kappa shape index (κ1) is 16.9. The first-order valence-corrected chi connectivity index (χ1v) is 7.98. The third-order valence-electron chi connectivity index (χ3n) is 1.51. The summed E-state index contributed by atoms with van der Waals surface area (Å²) in [6, 6.07) is 0. The Balaban J connectivity index is 4.02. The third-order valence-corrected chi connectivity index (χ3v) is 3.00. The molecule has 94 valence electrons. The number of hydrogen-bond donors (Lipinski definition) is 0. The van der Waals surface area contributed by atoms with Crippen LogP contribution in [0, 0.1) is 0 Å². The number of ether oxygens (including phenoxy) is 2. The van der Waals surface area contributed by atoms with Crippen LogP contribution in [0.1, 0.15) is 13.3 Å². The lowest BCUT2D eigenvalue weighted by molar-refractivity contribution is -0.156. The van der Waals surface area contributed by atoms with Gasteiger partial charge in [0.2, 0.25) is 0 Å². The van der Waals surface area contributed by atoms with Crippen molar-refractivity contribution in [2.45, 2.75) is 26.9 Å². The van der Waals surface area contributed by atoms with Crippen LogP contribution >= 0.6 is 63.7 Å². The fraction of sp³-hybridized carbons (Fsp3) is 0.750. The third kappa shape index (κ3) is 7.24. The van der Waals surface area contributed by atoms with Crippen molar-refractivity contribution in [3.05, 3.63) is 0 Å². The maximum absolute atomic E-state index is 11.2. The fourth-order valence-corrected chi connectivity index (χ4v) is 1.17. The van der Waals surface area contributed by atoms with Gasteiger partial charge < -0.3 is 9.47 Å². The number of esters is 2. The fourth-order valence-electron chi connectivity index (χ4n) is 0.689. The molecule has 0 aromatic carbocycles. The van der Waals surface area contributed by atoms with E-state index in [1.165, 1.54) is 0 Å². The number of alkyl halides is 4. The second-order valence-electron chi connectivity index (χ2n) is 2.70. The first-order chi connectivity index (χ1) is 7.38. The molecular formula is C8H10Br4O4. The number of hydrogen-bond acceptors (Lipinski definition) is 4. The van der Waals surface area contributed by atoms with E-state index in [1.54, 1.807) is 0 Å². The van der Waals surface area contributed by atoms with Gasteiger partial charge in [-0.15, -0.1) is 0 Å². The zero-order chi connectivity index (χ0) is 12.7. The van der Waals surface area contributed by atoms with Gasteiger partial charge in [-0.3, -0.25) is 0 Å². The van der Waals surface area contributed by atoms with Crippen LogP contribution in [-0.4, -0.2) is 32.1 Å². The van der Waals surface area contributed by atoms with Crippen LogP contribution in [-0.2, 0) is 19.1 Å². The first-order valence-electron chi connectivity index (χ1n) is 4.31. The van der Waals surface area contributed by atoms with E-state index >= 15 is 0 Å². The van der Waals surface area contributed by atoms with Gasteiger partial charge in [0.1, 0.15) is 12.7 Å². The monoisotopic (exact) mass is 486 g/mol. The van der Waals surface area contributed by atoms with Gasteiger partial charge in [0, 0.05) is 0 Å². The molecule has 0 N–H and O–H groups in total. The van der Waals surface area contributed by atoms with Gasteiger partial charge >= 0.3 is 11.9 Å². The highest BCUT2D eigenvalue weighted by atomic mass is 79.9. The van der Waals surface area contributed by atoms with E-state index in [2.05, 4.69) is 63.7 Å². The van der Waals surface area contributed by atoms with E-state index in [9.17, 15) is 9.59 Å². The van der Waals surface area contributed by atoms with E-state index < -0.39 is 25.5 Å². The molecule has 0 heterocycles. The molecule has 1 unspecified atom stereocenters. The number of rotatable bonds is 6. The Labute approximate surface area is 127 Å². The summed E-state index contributed by atoms with van der Waals surface area (Å²) in [5.74, 6) is -0.902. The topological polar surface area (TPSA) is 52.6 Å². The molecule has 0 spiro atoms. The van der Waals surface area contributed by atoms with E-state index in [0.717, 1.165) is 0 Å². The predicted molar refractivity (Wildman–Crippen MR) is 74.4 cm³/mol. The molecule has 1 atom stereocenters. The molecule has 8 heteroatoms. The van der Waals surface area contributed by atoms with Gasteiger partial charge in [-0.05, 0) is 6.42 Å². The minimum Gasteiger partial charge on any atom is -0.460 e. The lowest BCUT2D eigenvalue weighted by Crippen LogP contribution is -2.27. The Morgan fingerprint density at radius 2 is 1.56 bits per heavy atom. The van der Waals surface area contributed by atoms with Gasteiger partial charge in [0.05, 0.1) is 0 Å². The molecule has 16 heavy (non-hydrogen) atoms. The molecule has 0 aromatic heterocycles. The number of halogens is 4. The maximum atomic E-state index is 11.2. The molecule has 0 aliphatic carbocycles. The van der Waals surface area contributed by atoms with Crippen molar-refractivity contribution in [2.24, 2.45) is 0 Å². The van der Waals surface area contributed by atoms with Crippen molar-refractivity contribution in [3.63, 3.8) is 0 Å². The lowest BCUT2D eigenvalue weighted by Gasteiger charge is -2.16. The van der Waals surface area contributed by atoms with Crippen LogP contribution in [0.5, 0.6) is 0 Å². The van der Waals surface area contributed by atoms with E-state index in [1.807, 2.05) is 6.92 Å². The second kappa shape index (κ2) is 8.88. The molecule has 0 aliphatic rings. The molecule has 0 aromatic rings. The summed E-state index contributed by atoms with van der Waals surface area (Å²) in [6.45, 7) is 1.88. The standard InChI is InChI=1S/C8H10Br4O4/c1-2-4(16-8(14)6(11)12)3-15-7(13)5(9)10/h4-6H,2-3H2,1H3. The van der Waals surface area contributed by atoms with Crippen molar-refractivity contribution < 1.29 is 19.1 Å². The van der Waals surface area contributed by atoms with Crippen LogP contribution in [0.15, 0.2) is 0 Å². The lowest BCUT2D eigenvalue weighted by atomic mass is 10.3. The van der Waals surface area contributed by atoms with Gasteiger partial charge in [-0.25, -0.2) is 9.59 Å². The molecule has 0 bridgehead atoms. The highest BCUT2D eigenvalue weighted by molar-refractivity contribution is 9.25. The molecule has 0 saturated carbocycles. The van der Waals surface area contributed by atoms with Gasteiger partial charge in [0.25, 0.3) is 0 Å². The van der Waals surface area contributed by atoms with E-state index in [4.69, 9.17) is 9.47 Å². The molecule has 0 fully saturated rings. The molecule has 4 nitrogen and oxygen atoms in total. The molecule has 0 saturated heterocycles. The maximum Gasteiger partial charge on any atom is 0.331 e. The van der Waals surface area contributed by atoms with Crippen molar-refractivity contribution >= 4 is 75.7 Å². The van der Waals surface area contributed by atoms with Crippen molar-refractivity contribution in [2.75, 3.05) is 6.61 Å². The highest BCUT2D eigenvalue weighted by Gasteiger charge is 2.20. The van der Waals surface area contributed by atoms with Crippen molar-refractivity contribution in [1.82, 2.24) is 0 Å². The van der Waals surface area contributed by atoms with Crippen molar-refractivity contribution in [3.8, 4) is 0 Å². The van der Waals surface area contributed by atoms with Gasteiger partial charge in [-0.2, -0.15) is 0 Å². The average molecular weight is 490 g/mol. The smallest absolute Gasteiger partial charge is 0.331 e. The Bertz CT molecular complexity index is 244. The molecular weight excluding hydrogens is 480 g/mol. The Hall–Kier alpha value is 0.860. The summed E-state index contributed by atoms with van der Waals surface area (Å²) < 4.78 is 8.85. The minimum atomic E-state index is -0.551. The SMILES string of the molecule is CCC(COC(=O)C(Br)Br)OC(=O)C(Br)Br. The number of carbonyl (C=O) groups excluding carboxylic acids is 2. The number of carbonyl (C=O) groups is 2. The average Bonchev–Trinajstić information content (AvgIpc) is 2.22. The largest absolute Gasteiger partial charge is 0.460 e. The molecule has 0 rings (SSSR count). The summed E-state index contributed by atoms with van der Waals surface area (Å²) in [5.41, 5.74) is 0. The summed E-state index contributed by atoms with van der Waals surface area (Å²) in [4.78, 5) is 22.3. The second-order valence-corrected chi connectivity index (χ2v) is 8.82. The Morgan fingerprint density at radius 1 is 1.06 bits per heavy atom. The van der Waals surface area contributed by atoms with Crippen molar-refractivity contribution in [1.29, 1.82) is 0 Å². The quantitative estimate of drug-likeness (QED) is 0.425. The predicted octanol–water partition coefficient (Wildman–Crippen LogP) is 3.08. The molecule has 0 radical (unpaired) electrons. The molecule has 0 amide bonds. The van der Waals surface area contributed by atoms with Crippen LogP contribution in [0.2, 0.25) is 0 Å². The van der Waals surface area contributed by atoms with Crippen LogP contribution in [0.4, 0.5) is 0 Å². The summed E-state index contributed by atoms with van der Waals surface area (Å²) in [5, 5.41) is 0. The van der Waals surface area contributed by atoms with E-state index in [0.29, 0.717) is 6.42 Å². The zero-order valence-electron chi connectivity index (χ0n) is 8.29. The Kier molecular flexibility index (Phi) is 9.36. The van der Waals surface area contributed by atoms with Gasteiger partial charge in [0.15, 0.2) is 7.47 Å². The Morgan fingerprint density at radius 3 is 1.94 bits per heavy atom. The highest BCUT2D eigenvalue weighted by Crippen LogP contribution is 2.14.